The van der Waals surface area contributed by atoms with Crippen molar-refractivity contribution >= 4 is 58.2 Å². The zero-order valence-electron chi connectivity index (χ0n) is 35.5. The molecule has 13 N–H and O–H groups in total. The fourth-order valence-electron chi connectivity index (χ4n) is 8.91. The number of rotatable bonds is 10. The number of H-pyrrole nitrogens is 1. The molecule has 4 bridgehead atoms. The number of likely N-dealkylation sites (N-methyl/N-ethyl adjacent to an activating group) is 1. The summed E-state index contributed by atoms with van der Waals surface area (Å²) in [6, 6.07) is 10.1. The van der Waals surface area contributed by atoms with Gasteiger partial charge in [-0.05, 0) is 81.5 Å². The van der Waals surface area contributed by atoms with Crippen LogP contribution in [0, 0.1) is 17.2 Å². The van der Waals surface area contributed by atoms with Crippen molar-refractivity contribution in [1.29, 1.82) is 5.41 Å². The predicted molar refractivity (Wildman–Crippen MR) is 234 cm³/mol. The summed E-state index contributed by atoms with van der Waals surface area (Å²) < 4.78 is 0. The van der Waals surface area contributed by atoms with Crippen LogP contribution >= 0.6 is 0 Å². The lowest BCUT2D eigenvalue weighted by molar-refractivity contribution is -0.142. The number of aromatic nitrogens is 1. The van der Waals surface area contributed by atoms with Gasteiger partial charge in [-0.25, -0.2) is 0 Å². The minimum Gasteiger partial charge on any atom is -0.370 e. The molecule has 0 radical (unpaired) electrons. The highest BCUT2D eigenvalue weighted by Gasteiger charge is 2.46. The Hall–Kier alpha value is -6.50. The second-order valence-corrected chi connectivity index (χ2v) is 16.8. The first-order chi connectivity index (χ1) is 30.3. The van der Waals surface area contributed by atoms with Crippen LogP contribution < -0.4 is 48.7 Å². The maximum atomic E-state index is 14.5. The van der Waals surface area contributed by atoms with Crippen LogP contribution in [0.3, 0.4) is 0 Å². The Labute approximate surface area is 365 Å². The number of hydrogen-bond acceptors (Lipinski definition) is 9. The van der Waals surface area contributed by atoms with Crippen molar-refractivity contribution in [3.05, 3.63) is 71.9 Å². The zero-order valence-corrected chi connectivity index (χ0v) is 35.5. The number of nitrogens with zero attached hydrogens (tertiary/aromatic N) is 1. The summed E-state index contributed by atoms with van der Waals surface area (Å²) in [6.45, 7) is 0.743. The van der Waals surface area contributed by atoms with Gasteiger partial charge in [0.1, 0.15) is 30.2 Å². The summed E-state index contributed by atoms with van der Waals surface area (Å²) in [6.07, 6.45) is 4.09. The summed E-state index contributed by atoms with van der Waals surface area (Å²) in [4.78, 5) is 103. The number of guanidine groups is 1. The second-order valence-electron chi connectivity index (χ2n) is 16.8. The molecule has 338 valence electrons. The van der Waals surface area contributed by atoms with Gasteiger partial charge in [-0.2, -0.15) is 0 Å². The van der Waals surface area contributed by atoms with Crippen molar-refractivity contribution in [2.24, 2.45) is 23.3 Å². The maximum absolute atomic E-state index is 14.5. The van der Waals surface area contributed by atoms with Gasteiger partial charge in [-0.15, -0.1) is 0 Å². The molecular formula is C44H60N12O7. The predicted octanol–water partition coefficient (Wildman–Crippen LogP) is -0.844. The number of carbonyl (C=O) groups is 7. The number of nitrogens with two attached hydrogens (primary N) is 2. The molecule has 1 aromatic heterocycles. The van der Waals surface area contributed by atoms with Crippen molar-refractivity contribution < 1.29 is 33.6 Å². The first-order valence-electron chi connectivity index (χ1n) is 21.7. The molecule has 3 fully saturated rings. The number of primary amides is 1. The molecule has 3 saturated heterocycles. The molecule has 6 rings (SSSR count). The Bertz CT molecular complexity index is 2150. The molecule has 8 atom stereocenters. The van der Waals surface area contributed by atoms with Crippen molar-refractivity contribution in [3.63, 3.8) is 0 Å². The lowest BCUT2D eigenvalue weighted by Crippen LogP contribution is -2.60. The van der Waals surface area contributed by atoms with Crippen LogP contribution in [0.25, 0.3) is 10.9 Å². The number of hydrogen-bond donors (Lipinski definition) is 11. The second kappa shape index (κ2) is 21.5. The molecule has 0 aliphatic carbocycles. The van der Waals surface area contributed by atoms with E-state index in [9.17, 15) is 33.6 Å². The third-order valence-corrected chi connectivity index (χ3v) is 12.3. The summed E-state index contributed by atoms with van der Waals surface area (Å²) in [5.41, 5.74) is 13.5. The molecular weight excluding hydrogens is 809 g/mol. The Morgan fingerprint density at radius 2 is 1.48 bits per heavy atom. The molecule has 3 aromatic rings. The summed E-state index contributed by atoms with van der Waals surface area (Å²) >= 11 is 0. The quantitative estimate of drug-likeness (QED) is 0.0682. The van der Waals surface area contributed by atoms with Gasteiger partial charge in [0.05, 0.1) is 6.04 Å². The molecule has 7 amide bonds. The number of carbonyl (C=O) groups excluding carboxylic acids is 7. The lowest BCUT2D eigenvalue weighted by atomic mass is 9.86. The van der Waals surface area contributed by atoms with Crippen LogP contribution in [0.15, 0.2) is 60.8 Å². The highest BCUT2D eigenvalue weighted by Crippen LogP contribution is 2.34. The average Bonchev–Trinajstić information content (AvgIpc) is 3.89. The molecule has 0 saturated carbocycles. The largest absolute Gasteiger partial charge is 0.370 e. The highest BCUT2D eigenvalue weighted by atomic mass is 16.2. The van der Waals surface area contributed by atoms with Crippen LogP contribution in [0.5, 0.6) is 0 Å². The Balaban J connectivity index is 1.34. The third kappa shape index (κ3) is 12.1. The van der Waals surface area contributed by atoms with E-state index in [1.165, 1.54) is 4.90 Å². The first-order valence-corrected chi connectivity index (χ1v) is 21.7. The fraction of sp³-hybridized carbons (Fsp3) is 0.500. The van der Waals surface area contributed by atoms with Gasteiger partial charge in [-0.1, -0.05) is 48.5 Å². The lowest BCUT2D eigenvalue weighted by Gasteiger charge is -2.32. The molecule has 63 heavy (non-hydrogen) atoms. The van der Waals surface area contributed by atoms with E-state index in [-0.39, 0.29) is 81.9 Å². The van der Waals surface area contributed by atoms with Gasteiger partial charge in [-0.3, -0.25) is 39.0 Å². The van der Waals surface area contributed by atoms with E-state index in [4.69, 9.17) is 16.9 Å². The van der Waals surface area contributed by atoms with Gasteiger partial charge >= 0.3 is 0 Å². The minimum atomic E-state index is -1.24. The van der Waals surface area contributed by atoms with E-state index in [0.29, 0.717) is 31.2 Å². The molecule has 0 spiro atoms. The van der Waals surface area contributed by atoms with Crippen LogP contribution in [0.2, 0.25) is 0 Å². The van der Waals surface area contributed by atoms with Crippen molar-refractivity contribution in [3.8, 4) is 0 Å². The Morgan fingerprint density at radius 1 is 0.794 bits per heavy atom. The molecule has 19 heteroatoms. The van der Waals surface area contributed by atoms with Crippen molar-refractivity contribution in [1.82, 2.24) is 47.1 Å². The maximum Gasteiger partial charge on any atom is 0.243 e. The highest BCUT2D eigenvalue weighted by molar-refractivity contribution is 5.97. The van der Waals surface area contributed by atoms with Gasteiger partial charge in [0.15, 0.2) is 5.96 Å². The van der Waals surface area contributed by atoms with Gasteiger partial charge in [0.2, 0.25) is 41.4 Å². The van der Waals surface area contributed by atoms with E-state index in [1.54, 1.807) is 37.5 Å². The van der Waals surface area contributed by atoms with Crippen molar-refractivity contribution in [2.45, 2.75) is 100 Å². The topological polar surface area (TPSA) is 299 Å². The molecule has 4 heterocycles. The number of amides is 7. The monoisotopic (exact) mass is 868 g/mol. The summed E-state index contributed by atoms with van der Waals surface area (Å²) in [7, 11) is 1.64. The van der Waals surface area contributed by atoms with Crippen molar-refractivity contribution in [2.75, 3.05) is 26.7 Å². The van der Waals surface area contributed by atoms with E-state index in [0.717, 1.165) is 16.5 Å². The van der Waals surface area contributed by atoms with Crippen LogP contribution in [0.1, 0.15) is 62.5 Å². The van der Waals surface area contributed by atoms with Gasteiger partial charge in [0.25, 0.3) is 0 Å². The van der Waals surface area contributed by atoms with E-state index in [2.05, 4.69) is 42.2 Å². The number of para-hydroxylation sites is 1. The van der Waals surface area contributed by atoms with Crippen LogP contribution in [-0.4, -0.2) is 120 Å². The van der Waals surface area contributed by atoms with Gasteiger partial charge < -0.3 is 58.6 Å². The molecule has 3 aliphatic rings. The number of aromatic amines is 1. The standard InChI is InChI=1S/C44H60N12O7/c1-48-35-21-27-18-26-20-36(56(24-26)43(35)63)42(62)55-33(19-25-10-3-2-4-11-25)40(60)53-32(15-9-17-50-44(46)47)39(59)54-34(22-28-23-51-30-13-6-5-12-29(28)30)41(61)52-31(37(45)57)14-7-8-16-49-38(27)58/h2-6,10-13,23,26-27,31-36,48,51H,7-9,14-22,24H2,1H3,(H2,45,57)(H,49,58)(H,52,61)(H,53,60)(H,54,59)(H,55,62)(H4,46,47,50)/t26-,27?,31+,32+,33-,34+,35+,36+/m1/s1. The van der Waals surface area contributed by atoms with Gasteiger partial charge in [0, 0.05) is 55.5 Å². The normalized spacial score (nSPS) is 26.8. The first kappa shape index (κ1) is 46.0. The minimum absolute atomic E-state index is 0.00548. The molecule has 1 unspecified atom stereocenters. The SMILES string of the molecule is CN[C@H]1CC2C[C@@H]3C[C@@H](C(=O)N[C@H](Cc4ccccc4)C(=O)N[C@@H](CCCNC(=N)N)C(=O)N[C@@H](Cc4c[nH]c5ccccc45)C(=O)N[C@H](C(N)=O)CCCCNC2=O)N(C3)C1=O. The number of fused-ring (bicyclic) bond motifs is 5. The third-order valence-electron chi connectivity index (χ3n) is 12.3. The molecule has 3 aliphatic heterocycles. The Morgan fingerprint density at radius 3 is 2.22 bits per heavy atom. The zero-order chi connectivity index (χ0) is 45.0. The fourth-order valence-corrected chi connectivity index (χ4v) is 8.91. The summed E-state index contributed by atoms with van der Waals surface area (Å²) in [5.74, 6) is -4.85. The van der Waals surface area contributed by atoms with E-state index in [1.807, 2.05) is 30.3 Å². The summed E-state index contributed by atoms with van der Waals surface area (Å²) in [5, 5.41) is 28.4. The number of benzene rings is 2. The average molecular weight is 869 g/mol. The van der Waals surface area contributed by atoms with E-state index >= 15 is 0 Å². The smallest absolute Gasteiger partial charge is 0.243 e. The van der Waals surface area contributed by atoms with E-state index < -0.39 is 71.7 Å². The Kier molecular flexibility index (Phi) is 15.7. The molecule has 2 aromatic carbocycles. The molecule has 19 nitrogen and oxygen atoms in total. The van der Waals surface area contributed by atoms with Crippen LogP contribution in [-0.2, 0) is 46.4 Å². The van der Waals surface area contributed by atoms with Crippen LogP contribution in [0.4, 0.5) is 0 Å². The number of nitrogens with one attached hydrogen (secondary N) is 9.